The number of rotatable bonds is 4. The van der Waals surface area contributed by atoms with Crippen LogP contribution in [0.3, 0.4) is 0 Å². The first-order valence-corrected chi connectivity index (χ1v) is 17.9. The maximum Gasteiger partial charge on any atom is 0.264 e. The fourth-order valence-electron chi connectivity index (χ4n) is 8.12. The van der Waals surface area contributed by atoms with Crippen LogP contribution in [-0.2, 0) is 21.2 Å². The third kappa shape index (κ3) is 6.74. The van der Waals surface area contributed by atoms with Crippen LogP contribution in [0.1, 0.15) is 69.6 Å². The number of hydrogen-bond acceptors (Lipinski definition) is 6. The minimum atomic E-state index is -3.94. The Balaban J connectivity index is 1.37. The van der Waals surface area contributed by atoms with Crippen molar-refractivity contribution in [3.8, 4) is 17.1 Å². The van der Waals surface area contributed by atoms with Crippen molar-refractivity contribution in [3.05, 3.63) is 65.2 Å². The van der Waals surface area contributed by atoms with E-state index >= 15 is 0 Å². The second-order valence-corrected chi connectivity index (χ2v) is 15.9. The number of sulfonamides is 1. The SMILES string of the molecule is CC(=O)N1CCC2(CC1)CC(C1Cc3cccc(c3)S(=O)(=O)Nc3nc(cc(-c4c(C)cccc4C)n3)OC[C@H]1CC(C)C)C2. The van der Waals surface area contributed by atoms with E-state index in [-0.39, 0.29) is 22.7 Å². The molecule has 1 N–H and O–H groups in total. The van der Waals surface area contributed by atoms with Crippen LogP contribution in [0.15, 0.2) is 53.4 Å². The van der Waals surface area contributed by atoms with Gasteiger partial charge in [0.2, 0.25) is 17.7 Å². The lowest BCUT2D eigenvalue weighted by Crippen LogP contribution is -2.51. The number of benzene rings is 2. The first-order valence-electron chi connectivity index (χ1n) is 16.4. The number of ether oxygens (including phenoxy) is 1. The molecule has 2 fully saturated rings. The highest BCUT2D eigenvalue weighted by Crippen LogP contribution is 2.57. The third-order valence-electron chi connectivity index (χ3n) is 10.4. The summed E-state index contributed by atoms with van der Waals surface area (Å²) >= 11 is 0. The first kappa shape index (κ1) is 31.5. The van der Waals surface area contributed by atoms with E-state index in [0.29, 0.717) is 41.3 Å². The maximum atomic E-state index is 13.7. The number of nitrogens with one attached hydrogen (secondary N) is 1. The third-order valence-corrected chi connectivity index (χ3v) is 11.8. The van der Waals surface area contributed by atoms with E-state index in [0.717, 1.165) is 73.9 Å². The van der Waals surface area contributed by atoms with Crippen molar-refractivity contribution in [2.75, 3.05) is 24.4 Å². The standard InChI is InChI=1S/C36H46N4O4S/c1-23(2)16-28-22-44-33-19-32(34-24(3)8-6-9-25(34)4)37-35(38-33)39-45(42,43)30-11-7-10-27(17-30)18-31(28)29-20-36(21-29)12-14-40(15-13-36)26(5)41/h6-11,17,19,23,28-29,31H,12-16,18,20-22H2,1-5H3,(H,37,38,39)/t28-,31?/m1/s1. The van der Waals surface area contributed by atoms with Gasteiger partial charge in [-0.15, -0.1) is 0 Å². The van der Waals surface area contributed by atoms with Gasteiger partial charge >= 0.3 is 0 Å². The molecule has 1 spiro atoms. The van der Waals surface area contributed by atoms with E-state index in [9.17, 15) is 13.2 Å². The number of likely N-dealkylation sites (tertiary alicyclic amines) is 1. The predicted octanol–water partition coefficient (Wildman–Crippen LogP) is 6.81. The summed E-state index contributed by atoms with van der Waals surface area (Å²) in [6.07, 6.45) is 6.21. The molecule has 1 amide bonds. The highest BCUT2D eigenvalue weighted by atomic mass is 32.2. The number of carbonyl (C=O) groups excluding carboxylic acids is 1. The molecule has 1 aliphatic carbocycles. The molecular formula is C36H46N4O4S. The van der Waals surface area contributed by atoms with Gasteiger partial charge < -0.3 is 9.64 Å². The summed E-state index contributed by atoms with van der Waals surface area (Å²) in [7, 11) is -3.94. The molecule has 6 rings (SSSR count). The number of amides is 1. The second kappa shape index (κ2) is 12.4. The van der Waals surface area contributed by atoms with Gasteiger partial charge in [-0.1, -0.05) is 44.2 Å². The molecule has 9 heteroatoms. The molecule has 4 bridgehead atoms. The van der Waals surface area contributed by atoms with E-state index in [1.807, 2.05) is 61.2 Å². The summed E-state index contributed by atoms with van der Waals surface area (Å²) in [6.45, 7) is 12.4. The van der Waals surface area contributed by atoms with Crippen molar-refractivity contribution in [2.45, 2.75) is 78.0 Å². The summed E-state index contributed by atoms with van der Waals surface area (Å²) < 4.78 is 36.5. The number of hydrogen-bond donors (Lipinski definition) is 1. The summed E-state index contributed by atoms with van der Waals surface area (Å²) in [5, 5.41) is 0. The Morgan fingerprint density at radius 3 is 2.40 bits per heavy atom. The molecule has 1 saturated heterocycles. The van der Waals surface area contributed by atoms with E-state index in [2.05, 4.69) is 28.5 Å². The molecule has 1 saturated carbocycles. The lowest BCUT2D eigenvalue weighted by Gasteiger charge is -2.55. The van der Waals surface area contributed by atoms with Gasteiger partial charge in [0.1, 0.15) is 0 Å². The van der Waals surface area contributed by atoms with Gasteiger partial charge in [0.25, 0.3) is 10.0 Å². The second-order valence-electron chi connectivity index (χ2n) is 14.2. The van der Waals surface area contributed by atoms with Gasteiger partial charge in [-0.2, -0.15) is 4.98 Å². The maximum absolute atomic E-state index is 13.7. The fraction of sp³-hybridized carbons (Fsp3) is 0.528. The number of aromatic nitrogens is 2. The van der Waals surface area contributed by atoms with E-state index in [1.54, 1.807) is 13.0 Å². The number of piperidine rings is 1. The van der Waals surface area contributed by atoms with Crippen molar-refractivity contribution in [2.24, 2.45) is 29.1 Å². The number of fused-ring (bicyclic) bond motifs is 4. The van der Waals surface area contributed by atoms with E-state index in [1.165, 1.54) is 0 Å². The Bertz CT molecular complexity index is 1650. The van der Waals surface area contributed by atoms with Gasteiger partial charge in [0.15, 0.2) is 0 Å². The van der Waals surface area contributed by atoms with Crippen molar-refractivity contribution in [1.29, 1.82) is 0 Å². The fourth-order valence-corrected chi connectivity index (χ4v) is 9.14. The van der Waals surface area contributed by atoms with Crippen molar-refractivity contribution in [1.82, 2.24) is 14.9 Å². The molecule has 3 aliphatic rings. The van der Waals surface area contributed by atoms with Gasteiger partial charge in [-0.05, 0) is 110 Å². The Labute approximate surface area is 268 Å². The molecule has 2 aliphatic heterocycles. The summed E-state index contributed by atoms with van der Waals surface area (Å²) in [5.41, 5.74) is 5.00. The van der Waals surface area contributed by atoms with Crippen LogP contribution in [0.4, 0.5) is 5.95 Å². The number of nitrogens with zero attached hydrogens (tertiary/aromatic N) is 3. The molecule has 1 aromatic heterocycles. The summed E-state index contributed by atoms with van der Waals surface area (Å²) in [5.74, 6) is 2.13. The van der Waals surface area contributed by atoms with Crippen LogP contribution >= 0.6 is 0 Å². The monoisotopic (exact) mass is 630 g/mol. The summed E-state index contributed by atoms with van der Waals surface area (Å²) in [6, 6.07) is 15.3. The zero-order valence-electron chi connectivity index (χ0n) is 27.2. The largest absolute Gasteiger partial charge is 0.477 e. The average Bonchev–Trinajstić information content (AvgIpc) is 2.96. The van der Waals surface area contributed by atoms with Gasteiger partial charge in [0.05, 0.1) is 17.2 Å². The van der Waals surface area contributed by atoms with E-state index < -0.39 is 10.0 Å². The van der Waals surface area contributed by atoms with Crippen LogP contribution in [0, 0.1) is 42.9 Å². The minimum Gasteiger partial charge on any atom is -0.477 e. The molecule has 240 valence electrons. The highest BCUT2D eigenvalue weighted by molar-refractivity contribution is 7.92. The minimum absolute atomic E-state index is 0.00426. The van der Waals surface area contributed by atoms with Crippen molar-refractivity contribution < 1.29 is 17.9 Å². The van der Waals surface area contributed by atoms with Gasteiger partial charge in [-0.3, -0.25) is 4.79 Å². The van der Waals surface area contributed by atoms with Crippen LogP contribution in [-0.4, -0.2) is 48.9 Å². The zero-order chi connectivity index (χ0) is 31.9. The number of carbonyl (C=O) groups is 1. The van der Waals surface area contributed by atoms with Gasteiger partial charge in [0, 0.05) is 31.6 Å². The lowest BCUT2D eigenvalue weighted by molar-refractivity contribution is -0.134. The van der Waals surface area contributed by atoms with Crippen LogP contribution < -0.4 is 9.46 Å². The first-order chi connectivity index (χ1) is 21.4. The quantitative estimate of drug-likeness (QED) is 0.340. The summed E-state index contributed by atoms with van der Waals surface area (Å²) in [4.78, 5) is 23.4. The Morgan fingerprint density at radius 1 is 1.04 bits per heavy atom. The molecule has 3 heterocycles. The molecule has 2 aromatic carbocycles. The van der Waals surface area contributed by atoms with Crippen LogP contribution in [0.5, 0.6) is 5.88 Å². The number of aryl methyl sites for hydroxylation is 2. The number of anilines is 1. The lowest BCUT2D eigenvalue weighted by atomic mass is 9.52. The zero-order valence-corrected chi connectivity index (χ0v) is 28.0. The van der Waals surface area contributed by atoms with Crippen LogP contribution in [0.2, 0.25) is 0 Å². The molecule has 1 unspecified atom stereocenters. The van der Waals surface area contributed by atoms with Crippen LogP contribution in [0.25, 0.3) is 11.3 Å². The van der Waals surface area contributed by atoms with Gasteiger partial charge in [-0.25, -0.2) is 18.1 Å². The molecule has 0 radical (unpaired) electrons. The molecule has 2 atom stereocenters. The topological polar surface area (TPSA) is 101 Å². The molecular weight excluding hydrogens is 584 g/mol. The molecule has 45 heavy (non-hydrogen) atoms. The Morgan fingerprint density at radius 2 is 1.73 bits per heavy atom. The normalized spacial score (nSPS) is 22.8. The molecule has 3 aromatic rings. The Kier molecular flexibility index (Phi) is 8.67. The highest BCUT2D eigenvalue weighted by Gasteiger charge is 2.50. The predicted molar refractivity (Wildman–Crippen MR) is 176 cm³/mol. The van der Waals surface area contributed by atoms with Crippen molar-refractivity contribution >= 4 is 21.9 Å². The van der Waals surface area contributed by atoms with E-state index in [4.69, 9.17) is 4.74 Å². The molecule has 8 nitrogen and oxygen atoms in total. The Hall–Kier alpha value is -3.46. The smallest absolute Gasteiger partial charge is 0.264 e. The van der Waals surface area contributed by atoms with Crippen molar-refractivity contribution in [3.63, 3.8) is 0 Å². The average molecular weight is 631 g/mol.